The number of ether oxygens (including phenoxy) is 1. The van der Waals surface area contributed by atoms with Crippen molar-refractivity contribution in [3.63, 3.8) is 0 Å². The average Bonchev–Trinajstić information content (AvgIpc) is 2.84. The molecule has 0 aromatic heterocycles. The van der Waals surface area contributed by atoms with Crippen molar-refractivity contribution >= 4 is 17.5 Å². The molecule has 2 aliphatic rings. The van der Waals surface area contributed by atoms with Crippen molar-refractivity contribution in [3.8, 4) is 0 Å². The molecular weight excluding hydrogens is 238 g/mol. The van der Waals surface area contributed by atoms with Crippen molar-refractivity contribution in [1.82, 2.24) is 4.90 Å². The molecule has 0 bridgehead atoms. The van der Waals surface area contributed by atoms with Crippen molar-refractivity contribution in [2.45, 2.75) is 44.6 Å². The van der Waals surface area contributed by atoms with Gasteiger partial charge in [-0.05, 0) is 38.5 Å². The molecule has 0 N–H and O–H groups in total. The lowest BCUT2D eigenvalue weighted by atomic mass is 9.99. The van der Waals surface area contributed by atoms with Crippen molar-refractivity contribution in [3.05, 3.63) is 0 Å². The molecule has 0 aromatic carbocycles. The Bertz CT molecular complexity index is 254. The quantitative estimate of drug-likeness (QED) is 0.726. The number of rotatable bonds is 4. The lowest BCUT2D eigenvalue weighted by Crippen LogP contribution is -2.42. The van der Waals surface area contributed by atoms with Gasteiger partial charge in [0.25, 0.3) is 0 Å². The standard InChI is InChI=1S/C13H22ClNO2/c14-7-1-5-12-6-2-8-15(12)13(16)11-4-3-9-17-10-11/h11-12H,1-10H2. The summed E-state index contributed by atoms with van der Waals surface area (Å²) < 4.78 is 5.41. The summed E-state index contributed by atoms with van der Waals surface area (Å²) in [4.78, 5) is 14.5. The Hall–Kier alpha value is -0.280. The van der Waals surface area contributed by atoms with Gasteiger partial charge in [-0.3, -0.25) is 4.79 Å². The molecule has 98 valence electrons. The van der Waals surface area contributed by atoms with Crippen LogP contribution in [0.1, 0.15) is 38.5 Å². The highest BCUT2D eigenvalue weighted by Crippen LogP contribution is 2.26. The minimum absolute atomic E-state index is 0.111. The van der Waals surface area contributed by atoms with Crippen LogP contribution in [0, 0.1) is 5.92 Å². The third-order valence-corrected chi connectivity index (χ3v) is 4.11. The zero-order valence-electron chi connectivity index (χ0n) is 10.4. The Morgan fingerprint density at radius 1 is 1.35 bits per heavy atom. The SMILES string of the molecule is O=C(C1CCCOC1)N1CCCC1CCCCl. The summed E-state index contributed by atoms with van der Waals surface area (Å²) in [5.41, 5.74) is 0. The first-order chi connectivity index (χ1) is 8.33. The molecule has 2 rings (SSSR count). The van der Waals surface area contributed by atoms with Gasteiger partial charge in [0.1, 0.15) is 0 Å². The summed E-state index contributed by atoms with van der Waals surface area (Å²) in [5, 5.41) is 0. The van der Waals surface area contributed by atoms with Crippen LogP contribution in [-0.4, -0.2) is 42.5 Å². The Morgan fingerprint density at radius 2 is 2.24 bits per heavy atom. The maximum Gasteiger partial charge on any atom is 0.228 e. The van der Waals surface area contributed by atoms with Crippen LogP contribution in [0.5, 0.6) is 0 Å². The summed E-state index contributed by atoms with van der Waals surface area (Å²) in [7, 11) is 0. The second-order valence-electron chi connectivity index (χ2n) is 5.07. The molecule has 0 saturated carbocycles. The lowest BCUT2D eigenvalue weighted by Gasteiger charge is -2.30. The molecule has 2 fully saturated rings. The minimum atomic E-state index is 0.111. The lowest BCUT2D eigenvalue weighted by molar-refractivity contribution is -0.140. The predicted octanol–water partition coefficient (Wildman–Crippen LogP) is 2.42. The first-order valence-electron chi connectivity index (χ1n) is 6.77. The number of hydrogen-bond acceptors (Lipinski definition) is 2. The first-order valence-corrected chi connectivity index (χ1v) is 7.30. The van der Waals surface area contributed by atoms with E-state index in [0.29, 0.717) is 24.4 Å². The fourth-order valence-electron chi connectivity index (χ4n) is 2.91. The molecule has 2 saturated heterocycles. The van der Waals surface area contributed by atoms with E-state index in [-0.39, 0.29) is 5.92 Å². The number of likely N-dealkylation sites (tertiary alicyclic amines) is 1. The summed E-state index contributed by atoms with van der Waals surface area (Å²) in [5.74, 6) is 1.13. The van der Waals surface area contributed by atoms with Crippen LogP contribution >= 0.6 is 11.6 Å². The van der Waals surface area contributed by atoms with Gasteiger partial charge in [-0.25, -0.2) is 0 Å². The van der Waals surface area contributed by atoms with Gasteiger partial charge in [0.05, 0.1) is 12.5 Å². The van der Waals surface area contributed by atoms with Gasteiger partial charge in [-0.1, -0.05) is 0 Å². The summed E-state index contributed by atoms with van der Waals surface area (Å²) in [6.45, 7) is 2.37. The zero-order valence-corrected chi connectivity index (χ0v) is 11.1. The van der Waals surface area contributed by atoms with E-state index in [1.807, 2.05) is 0 Å². The van der Waals surface area contributed by atoms with E-state index in [2.05, 4.69) is 4.90 Å². The fourth-order valence-corrected chi connectivity index (χ4v) is 3.06. The van der Waals surface area contributed by atoms with E-state index >= 15 is 0 Å². The van der Waals surface area contributed by atoms with Crippen molar-refractivity contribution in [2.24, 2.45) is 5.92 Å². The number of amides is 1. The predicted molar refractivity (Wildman–Crippen MR) is 68.2 cm³/mol. The van der Waals surface area contributed by atoms with Gasteiger partial charge in [0.2, 0.25) is 5.91 Å². The summed E-state index contributed by atoms with van der Waals surface area (Å²) >= 11 is 5.73. The largest absolute Gasteiger partial charge is 0.381 e. The maximum absolute atomic E-state index is 12.4. The maximum atomic E-state index is 12.4. The fraction of sp³-hybridized carbons (Fsp3) is 0.923. The van der Waals surface area contributed by atoms with Gasteiger partial charge in [0, 0.05) is 25.1 Å². The number of nitrogens with zero attached hydrogens (tertiary/aromatic N) is 1. The van der Waals surface area contributed by atoms with Crippen molar-refractivity contribution in [1.29, 1.82) is 0 Å². The van der Waals surface area contributed by atoms with Crippen LogP contribution in [0.15, 0.2) is 0 Å². The van der Waals surface area contributed by atoms with E-state index < -0.39 is 0 Å². The van der Waals surface area contributed by atoms with Crippen LogP contribution in [0.2, 0.25) is 0 Å². The highest BCUT2D eigenvalue weighted by molar-refractivity contribution is 6.17. The van der Waals surface area contributed by atoms with Gasteiger partial charge in [-0.15, -0.1) is 11.6 Å². The molecule has 2 unspecified atom stereocenters. The monoisotopic (exact) mass is 259 g/mol. The molecule has 0 spiro atoms. The molecule has 0 aliphatic carbocycles. The normalized spacial score (nSPS) is 29.6. The van der Waals surface area contributed by atoms with E-state index in [1.54, 1.807) is 0 Å². The average molecular weight is 260 g/mol. The molecule has 4 heteroatoms. The van der Waals surface area contributed by atoms with Gasteiger partial charge in [0.15, 0.2) is 0 Å². The second-order valence-corrected chi connectivity index (χ2v) is 5.45. The topological polar surface area (TPSA) is 29.5 Å². The van der Waals surface area contributed by atoms with Gasteiger partial charge < -0.3 is 9.64 Å². The van der Waals surface area contributed by atoms with E-state index in [4.69, 9.17) is 16.3 Å². The van der Waals surface area contributed by atoms with Crippen LogP contribution in [-0.2, 0) is 9.53 Å². The zero-order chi connectivity index (χ0) is 12.1. The third kappa shape index (κ3) is 3.35. The molecule has 2 heterocycles. The van der Waals surface area contributed by atoms with Crippen LogP contribution in [0.4, 0.5) is 0 Å². The molecular formula is C13H22ClNO2. The number of carbonyl (C=O) groups excluding carboxylic acids is 1. The third-order valence-electron chi connectivity index (χ3n) is 3.84. The summed E-state index contributed by atoms with van der Waals surface area (Å²) in [6.07, 6.45) is 6.39. The highest BCUT2D eigenvalue weighted by Gasteiger charge is 2.33. The minimum Gasteiger partial charge on any atom is -0.381 e. The number of alkyl halides is 1. The second kappa shape index (κ2) is 6.60. The highest BCUT2D eigenvalue weighted by atomic mass is 35.5. The molecule has 3 nitrogen and oxygen atoms in total. The van der Waals surface area contributed by atoms with Crippen LogP contribution < -0.4 is 0 Å². The Balaban J connectivity index is 1.88. The Labute approximate surface area is 108 Å². The van der Waals surface area contributed by atoms with Crippen molar-refractivity contribution < 1.29 is 9.53 Å². The molecule has 2 aliphatic heterocycles. The molecule has 17 heavy (non-hydrogen) atoms. The van der Waals surface area contributed by atoms with E-state index in [9.17, 15) is 4.79 Å². The van der Waals surface area contributed by atoms with Crippen LogP contribution in [0.25, 0.3) is 0 Å². The van der Waals surface area contributed by atoms with Gasteiger partial charge in [-0.2, -0.15) is 0 Å². The van der Waals surface area contributed by atoms with Gasteiger partial charge >= 0.3 is 0 Å². The first kappa shape index (κ1) is 13.2. The molecule has 0 aromatic rings. The molecule has 0 radical (unpaired) electrons. The Morgan fingerprint density at radius 3 is 2.94 bits per heavy atom. The molecule has 1 amide bonds. The smallest absolute Gasteiger partial charge is 0.228 e. The number of hydrogen-bond donors (Lipinski definition) is 0. The van der Waals surface area contributed by atoms with E-state index in [0.717, 1.165) is 51.7 Å². The van der Waals surface area contributed by atoms with Crippen molar-refractivity contribution in [2.75, 3.05) is 25.6 Å². The summed E-state index contributed by atoms with van der Waals surface area (Å²) in [6, 6.07) is 0.433. The van der Waals surface area contributed by atoms with E-state index in [1.165, 1.54) is 0 Å². The number of halogens is 1. The molecule has 2 atom stereocenters. The Kier molecular flexibility index (Phi) is 5.11. The number of carbonyl (C=O) groups is 1. The van der Waals surface area contributed by atoms with Crippen LogP contribution in [0.3, 0.4) is 0 Å².